The molecule has 3 heteroatoms. The summed E-state index contributed by atoms with van der Waals surface area (Å²) in [6.45, 7) is 8.45. The summed E-state index contributed by atoms with van der Waals surface area (Å²) < 4.78 is 34.7. The van der Waals surface area contributed by atoms with Crippen LogP contribution in [0.2, 0.25) is 0 Å². The molecule has 142 valence electrons. The lowest BCUT2D eigenvalue weighted by molar-refractivity contribution is -0.254. The predicted octanol–water partition coefficient (Wildman–Crippen LogP) is 7.41. The molecule has 0 spiro atoms. The topological polar surface area (TPSA) is 9.23 Å². The van der Waals surface area contributed by atoms with Crippen LogP contribution >= 0.6 is 0 Å². The lowest BCUT2D eigenvalue weighted by Crippen LogP contribution is -2.34. The summed E-state index contributed by atoms with van der Waals surface area (Å²) in [6.07, 6.45) is 11.8. The maximum atomic E-state index is 14.7. The first kappa shape index (κ1) is 20.2. The van der Waals surface area contributed by atoms with E-state index in [1.807, 2.05) is 19.1 Å². The SMILES string of the molecule is CCCCCC1(C)C=C(C)C=CC(OC(F)(F)C2CCC(C)CC2)=C1. The van der Waals surface area contributed by atoms with Gasteiger partial charge in [-0.3, -0.25) is 0 Å². The molecule has 0 saturated heterocycles. The highest BCUT2D eigenvalue weighted by Crippen LogP contribution is 2.42. The van der Waals surface area contributed by atoms with Gasteiger partial charge < -0.3 is 4.74 Å². The highest BCUT2D eigenvalue weighted by atomic mass is 19.3. The van der Waals surface area contributed by atoms with Crippen LogP contribution in [0, 0.1) is 17.3 Å². The van der Waals surface area contributed by atoms with Crippen molar-refractivity contribution in [3.63, 3.8) is 0 Å². The molecule has 2 rings (SSSR count). The smallest absolute Gasteiger partial charge is 0.400 e. The third-order valence-electron chi connectivity index (χ3n) is 5.60. The third kappa shape index (κ3) is 5.97. The lowest BCUT2D eigenvalue weighted by atomic mass is 9.82. The van der Waals surface area contributed by atoms with Gasteiger partial charge in [-0.05, 0) is 44.3 Å². The van der Waals surface area contributed by atoms with Crippen molar-refractivity contribution in [3.05, 3.63) is 35.6 Å². The summed E-state index contributed by atoms with van der Waals surface area (Å²) in [6, 6.07) is 0. The summed E-state index contributed by atoms with van der Waals surface area (Å²) in [7, 11) is 0. The van der Waals surface area contributed by atoms with Crippen LogP contribution in [0.15, 0.2) is 35.6 Å². The summed E-state index contributed by atoms with van der Waals surface area (Å²) in [5, 5.41) is 0. The zero-order valence-electron chi connectivity index (χ0n) is 16.3. The molecule has 0 bridgehead atoms. The van der Waals surface area contributed by atoms with E-state index in [1.54, 1.807) is 6.08 Å². The van der Waals surface area contributed by atoms with Crippen molar-refractivity contribution in [1.82, 2.24) is 0 Å². The fourth-order valence-corrected chi connectivity index (χ4v) is 4.00. The van der Waals surface area contributed by atoms with Crippen LogP contribution in [-0.4, -0.2) is 6.11 Å². The van der Waals surface area contributed by atoms with Gasteiger partial charge in [-0.25, -0.2) is 0 Å². The second-order valence-corrected chi connectivity index (χ2v) is 8.35. The Kier molecular flexibility index (Phi) is 6.87. The molecule has 0 radical (unpaired) electrons. The molecule has 0 aromatic heterocycles. The highest BCUT2D eigenvalue weighted by molar-refractivity contribution is 5.33. The van der Waals surface area contributed by atoms with E-state index in [0.717, 1.165) is 44.1 Å². The molecule has 25 heavy (non-hydrogen) atoms. The molecule has 0 aromatic carbocycles. The molecule has 1 atom stereocenters. The molecule has 1 unspecified atom stereocenters. The van der Waals surface area contributed by atoms with Crippen LogP contribution < -0.4 is 0 Å². The van der Waals surface area contributed by atoms with Crippen molar-refractivity contribution in [2.45, 2.75) is 85.2 Å². The zero-order chi connectivity index (χ0) is 18.5. The number of unbranched alkanes of at least 4 members (excludes halogenated alkanes) is 2. The molecule has 0 aromatic rings. The van der Waals surface area contributed by atoms with E-state index in [2.05, 4.69) is 26.8 Å². The van der Waals surface area contributed by atoms with Crippen molar-refractivity contribution in [3.8, 4) is 0 Å². The van der Waals surface area contributed by atoms with Crippen LogP contribution in [0.1, 0.15) is 79.1 Å². The Bertz CT molecular complexity index is 524. The van der Waals surface area contributed by atoms with E-state index in [-0.39, 0.29) is 5.41 Å². The Morgan fingerprint density at radius 2 is 1.80 bits per heavy atom. The minimum atomic E-state index is -3.08. The fourth-order valence-electron chi connectivity index (χ4n) is 4.00. The van der Waals surface area contributed by atoms with E-state index in [4.69, 9.17) is 4.74 Å². The van der Waals surface area contributed by atoms with Gasteiger partial charge in [0.05, 0.1) is 5.92 Å². The number of hydrogen-bond donors (Lipinski definition) is 0. The number of rotatable bonds is 7. The highest BCUT2D eigenvalue weighted by Gasteiger charge is 2.44. The molecular formula is C22H34F2O. The molecule has 0 amide bonds. The normalized spacial score (nSPS) is 30.5. The van der Waals surface area contributed by atoms with Gasteiger partial charge in [0, 0.05) is 5.41 Å². The number of allylic oxidation sites excluding steroid dienone is 5. The van der Waals surface area contributed by atoms with Crippen LogP contribution in [-0.2, 0) is 4.74 Å². The summed E-state index contributed by atoms with van der Waals surface area (Å²) >= 11 is 0. The monoisotopic (exact) mass is 352 g/mol. The lowest BCUT2D eigenvalue weighted by Gasteiger charge is -2.33. The zero-order valence-corrected chi connectivity index (χ0v) is 16.3. The minimum absolute atomic E-state index is 0.227. The first-order chi connectivity index (χ1) is 11.7. The third-order valence-corrected chi connectivity index (χ3v) is 5.60. The number of hydrogen-bond acceptors (Lipinski definition) is 1. The average Bonchev–Trinajstić information content (AvgIpc) is 2.66. The largest absolute Gasteiger partial charge is 0.433 e. The van der Waals surface area contributed by atoms with Crippen molar-refractivity contribution < 1.29 is 13.5 Å². The summed E-state index contributed by atoms with van der Waals surface area (Å²) in [5.74, 6) is 0.204. The van der Waals surface area contributed by atoms with E-state index in [9.17, 15) is 8.78 Å². The van der Waals surface area contributed by atoms with Crippen LogP contribution in [0.25, 0.3) is 0 Å². The molecule has 0 aliphatic heterocycles. The maximum absolute atomic E-state index is 14.7. The first-order valence-electron chi connectivity index (χ1n) is 9.91. The predicted molar refractivity (Wildman–Crippen MR) is 100 cm³/mol. The second kappa shape index (κ2) is 8.51. The summed E-state index contributed by atoms with van der Waals surface area (Å²) in [4.78, 5) is 0. The Morgan fingerprint density at radius 3 is 2.44 bits per heavy atom. The van der Waals surface area contributed by atoms with Crippen molar-refractivity contribution in [2.75, 3.05) is 0 Å². The number of halogens is 2. The molecule has 1 saturated carbocycles. The summed E-state index contributed by atoms with van der Waals surface area (Å²) in [5.41, 5.74) is 0.874. The van der Waals surface area contributed by atoms with Gasteiger partial charge in [0.1, 0.15) is 5.76 Å². The standard InChI is InChI=1S/C22H34F2O/c1-5-6-7-14-21(4)15-18(3)10-13-20(16-21)25-22(23,24)19-11-8-17(2)9-12-19/h10,13,15-17,19H,5-9,11-12,14H2,1-4H3. The maximum Gasteiger partial charge on any atom is 0.400 e. The average molecular weight is 353 g/mol. The van der Waals surface area contributed by atoms with Gasteiger partial charge in [0.25, 0.3) is 0 Å². The van der Waals surface area contributed by atoms with Gasteiger partial charge in [-0.1, -0.05) is 70.6 Å². The van der Waals surface area contributed by atoms with E-state index < -0.39 is 12.0 Å². The Balaban J connectivity index is 2.10. The van der Waals surface area contributed by atoms with E-state index in [0.29, 0.717) is 24.5 Å². The Morgan fingerprint density at radius 1 is 1.12 bits per heavy atom. The van der Waals surface area contributed by atoms with Crippen molar-refractivity contribution in [1.29, 1.82) is 0 Å². The molecule has 0 heterocycles. The fraction of sp³-hybridized carbons (Fsp3) is 0.727. The van der Waals surface area contributed by atoms with Gasteiger partial charge in [-0.2, -0.15) is 8.78 Å². The van der Waals surface area contributed by atoms with Gasteiger partial charge in [0.15, 0.2) is 0 Å². The van der Waals surface area contributed by atoms with Gasteiger partial charge in [-0.15, -0.1) is 0 Å². The van der Waals surface area contributed by atoms with Crippen LogP contribution in [0.5, 0.6) is 0 Å². The van der Waals surface area contributed by atoms with Gasteiger partial charge >= 0.3 is 6.11 Å². The molecule has 2 aliphatic rings. The molecule has 2 aliphatic carbocycles. The van der Waals surface area contributed by atoms with E-state index >= 15 is 0 Å². The molecule has 0 N–H and O–H groups in total. The van der Waals surface area contributed by atoms with Crippen molar-refractivity contribution in [2.24, 2.45) is 17.3 Å². The van der Waals surface area contributed by atoms with Crippen LogP contribution in [0.4, 0.5) is 8.78 Å². The molecule has 1 nitrogen and oxygen atoms in total. The van der Waals surface area contributed by atoms with Gasteiger partial charge in [0.2, 0.25) is 0 Å². The molecule has 1 fully saturated rings. The minimum Gasteiger partial charge on any atom is -0.433 e. The quantitative estimate of drug-likeness (QED) is 0.433. The molecular weight excluding hydrogens is 318 g/mol. The van der Waals surface area contributed by atoms with Crippen molar-refractivity contribution >= 4 is 0 Å². The number of ether oxygens (including phenoxy) is 1. The van der Waals surface area contributed by atoms with E-state index in [1.165, 1.54) is 0 Å². The van der Waals surface area contributed by atoms with Crippen LogP contribution in [0.3, 0.4) is 0 Å². The number of alkyl halides is 2. The Hall–Kier alpha value is -1.12. The first-order valence-corrected chi connectivity index (χ1v) is 9.91. The second-order valence-electron chi connectivity index (χ2n) is 8.35. The Labute approximate surface area is 152 Å².